The summed E-state index contributed by atoms with van der Waals surface area (Å²) in [6.07, 6.45) is 8.17. The number of imidazole rings is 1. The number of hydrogen-bond donors (Lipinski definition) is 0. The average Bonchev–Trinajstić information content (AvgIpc) is 3.23. The van der Waals surface area contributed by atoms with Gasteiger partial charge in [-0.2, -0.15) is 4.98 Å². The quantitative estimate of drug-likeness (QED) is 0.676. The van der Waals surface area contributed by atoms with E-state index in [1.807, 2.05) is 13.3 Å². The normalized spacial score (nSPS) is 21.9. The van der Waals surface area contributed by atoms with Crippen molar-refractivity contribution in [2.45, 2.75) is 59.3 Å². The minimum atomic E-state index is 0.112. The summed E-state index contributed by atoms with van der Waals surface area (Å²) in [5, 5.41) is 0. The Balaban J connectivity index is 1.64. The van der Waals surface area contributed by atoms with Gasteiger partial charge in [-0.15, -0.1) is 0 Å². The number of nitrogens with zero attached hydrogens (tertiary/aromatic N) is 7. The van der Waals surface area contributed by atoms with Gasteiger partial charge in [0.05, 0.1) is 30.4 Å². The molecule has 29 heavy (non-hydrogen) atoms. The van der Waals surface area contributed by atoms with Gasteiger partial charge in [-0.05, 0) is 25.2 Å². The standard InChI is InChI=1S/C21H27N7O/c1-13-7-23-16(8-22-13)17-18-19(28(12-24-18)11-21(2,3)4)26-20(25-17)27-9-14-5-6-15(10-27)29-14/h7-8,12,14-15H,5-6,9-11H2,1-4H3. The molecule has 8 nitrogen and oxygen atoms in total. The number of aromatic nitrogens is 6. The van der Waals surface area contributed by atoms with E-state index in [1.165, 1.54) is 0 Å². The third kappa shape index (κ3) is 3.57. The molecule has 8 heteroatoms. The summed E-state index contributed by atoms with van der Waals surface area (Å²) >= 11 is 0. The molecule has 0 N–H and O–H groups in total. The molecule has 0 amide bonds. The summed E-state index contributed by atoms with van der Waals surface area (Å²) in [5.74, 6) is 0.728. The number of fused-ring (bicyclic) bond motifs is 3. The molecule has 0 aliphatic carbocycles. The number of hydrogen-bond acceptors (Lipinski definition) is 7. The second-order valence-electron chi connectivity index (χ2n) is 9.38. The van der Waals surface area contributed by atoms with E-state index in [4.69, 9.17) is 14.7 Å². The maximum absolute atomic E-state index is 6.00. The van der Waals surface area contributed by atoms with Crippen molar-refractivity contribution in [3.63, 3.8) is 0 Å². The fourth-order valence-electron chi connectivity index (χ4n) is 4.17. The van der Waals surface area contributed by atoms with Crippen LogP contribution in [0.25, 0.3) is 22.6 Å². The maximum Gasteiger partial charge on any atom is 0.228 e. The van der Waals surface area contributed by atoms with Crippen molar-refractivity contribution >= 4 is 17.1 Å². The molecule has 2 bridgehead atoms. The van der Waals surface area contributed by atoms with Crippen molar-refractivity contribution in [1.82, 2.24) is 29.5 Å². The molecular weight excluding hydrogens is 366 g/mol. The first-order valence-corrected chi connectivity index (χ1v) is 10.3. The minimum Gasteiger partial charge on any atom is -0.371 e. The molecule has 152 valence electrons. The SMILES string of the molecule is Cc1cnc(-c2nc(N3CC4CCC(C3)O4)nc3c2ncn3CC(C)(C)C)cn1. The minimum absolute atomic E-state index is 0.112. The van der Waals surface area contributed by atoms with Gasteiger partial charge in [-0.25, -0.2) is 9.97 Å². The van der Waals surface area contributed by atoms with Crippen molar-refractivity contribution in [2.75, 3.05) is 18.0 Å². The molecule has 3 aromatic rings. The Labute approximate surface area is 170 Å². The van der Waals surface area contributed by atoms with E-state index < -0.39 is 0 Å². The van der Waals surface area contributed by atoms with Gasteiger partial charge < -0.3 is 14.2 Å². The number of ether oxygens (including phenoxy) is 1. The molecule has 2 aliphatic rings. The van der Waals surface area contributed by atoms with Gasteiger partial charge in [0.15, 0.2) is 5.65 Å². The zero-order valence-electron chi connectivity index (χ0n) is 17.5. The van der Waals surface area contributed by atoms with Crippen LogP contribution in [0.3, 0.4) is 0 Å². The highest BCUT2D eigenvalue weighted by Crippen LogP contribution is 2.32. The highest BCUT2D eigenvalue weighted by Gasteiger charge is 2.35. The zero-order chi connectivity index (χ0) is 20.2. The highest BCUT2D eigenvalue weighted by molar-refractivity contribution is 5.87. The lowest BCUT2D eigenvalue weighted by Gasteiger charge is -2.32. The summed E-state index contributed by atoms with van der Waals surface area (Å²) in [4.78, 5) is 25.8. The van der Waals surface area contributed by atoms with Crippen LogP contribution in [-0.2, 0) is 11.3 Å². The van der Waals surface area contributed by atoms with Gasteiger partial charge in [0.25, 0.3) is 0 Å². The van der Waals surface area contributed by atoms with Crippen LogP contribution in [0, 0.1) is 12.3 Å². The number of morpholine rings is 1. The van der Waals surface area contributed by atoms with E-state index in [0.29, 0.717) is 0 Å². The van der Waals surface area contributed by atoms with Crippen LogP contribution in [0.5, 0.6) is 0 Å². The molecule has 0 aromatic carbocycles. The zero-order valence-corrected chi connectivity index (χ0v) is 17.5. The van der Waals surface area contributed by atoms with Crippen LogP contribution < -0.4 is 4.90 Å². The fourth-order valence-corrected chi connectivity index (χ4v) is 4.17. The highest BCUT2D eigenvalue weighted by atomic mass is 16.5. The van der Waals surface area contributed by atoms with Crippen molar-refractivity contribution < 1.29 is 4.74 Å². The van der Waals surface area contributed by atoms with Crippen LogP contribution >= 0.6 is 0 Å². The van der Waals surface area contributed by atoms with Gasteiger partial charge in [-0.3, -0.25) is 9.97 Å². The smallest absolute Gasteiger partial charge is 0.228 e. The van der Waals surface area contributed by atoms with Crippen LogP contribution in [0.1, 0.15) is 39.3 Å². The lowest BCUT2D eigenvalue weighted by molar-refractivity contribution is 0.0299. The van der Waals surface area contributed by atoms with Crippen LogP contribution in [0.4, 0.5) is 5.95 Å². The van der Waals surface area contributed by atoms with Crippen LogP contribution in [-0.4, -0.2) is 54.8 Å². The first kappa shape index (κ1) is 18.4. The first-order chi connectivity index (χ1) is 13.9. The summed E-state index contributed by atoms with van der Waals surface area (Å²) in [6.45, 7) is 11.1. The Morgan fingerprint density at radius 3 is 2.45 bits per heavy atom. The van der Waals surface area contributed by atoms with Crippen molar-refractivity contribution in [2.24, 2.45) is 5.41 Å². The van der Waals surface area contributed by atoms with Crippen LogP contribution in [0.15, 0.2) is 18.7 Å². The molecule has 2 fully saturated rings. The number of anilines is 1. The lowest BCUT2D eigenvalue weighted by atomic mass is 9.97. The maximum atomic E-state index is 6.00. The van der Waals surface area contributed by atoms with Crippen molar-refractivity contribution in [3.8, 4) is 11.4 Å². The predicted octanol–water partition coefficient (Wildman–Crippen LogP) is 3.01. The Bertz CT molecular complexity index is 1030. The lowest BCUT2D eigenvalue weighted by Crippen LogP contribution is -2.43. The fraction of sp³-hybridized carbons (Fsp3) is 0.571. The summed E-state index contributed by atoms with van der Waals surface area (Å²) in [5.41, 5.74) is 4.07. The third-order valence-corrected chi connectivity index (χ3v) is 5.45. The van der Waals surface area contributed by atoms with Crippen molar-refractivity contribution in [1.29, 1.82) is 0 Å². The van der Waals surface area contributed by atoms with Gasteiger partial charge in [0, 0.05) is 25.8 Å². The topological polar surface area (TPSA) is 81.9 Å². The first-order valence-electron chi connectivity index (χ1n) is 10.3. The molecule has 5 rings (SSSR count). The molecule has 2 saturated heterocycles. The predicted molar refractivity (Wildman–Crippen MR) is 111 cm³/mol. The van der Waals surface area contributed by atoms with E-state index in [9.17, 15) is 0 Å². The monoisotopic (exact) mass is 393 g/mol. The van der Waals surface area contributed by atoms with E-state index >= 15 is 0 Å². The molecule has 2 aliphatic heterocycles. The van der Waals surface area contributed by atoms with Gasteiger partial charge in [0.1, 0.15) is 16.9 Å². The number of rotatable bonds is 3. The molecule has 5 heterocycles. The van der Waals surface area contributed by atoms with E-state index in [0.717, 1.165) is 66.7 Å². The molecule has 2 unspecified atom stereocenters. The molecular formula is C21H27N7O. The molecule has 0 spiro atoms. The van der Waals surface area contributed by atoms with Gasteiger partial charge >= 0.3 is 0 Å². The van der Waals surface area contributed by atoms with Gasteiger partial charge in [-0.1, -0.05) is 20.8 Å². The Morgan fingerprint density at radius 2 is 1.79 bits per heavy atom. The average molecular weight is 393 g/mol. The van der Waals surface area contributed by atoms with E-state index in [-0.39, 0.29) is 17.6 Å². The number of aryl methyl sites for hydroxylation is 1. The van der Waals surface area contributed by atoms with Crippen molar-refractivity contribution in [3.05, 3.63) is 24.4 Å². The van der Waals surface area contributed by atoms with E-state index in [2.05, 4.69) is 45.2 Å². The molecule has 2 atom stereocenters. The summed E-state index contributed by atoms with van der Waals surface area (Å²) in [7, 11) is 0. The second kappa shape index (κ2) is 6.73. The molecule has 0 saturated carbocycles. The van der Waals surface area contributed by atoms with Gasteiger partial charge in [0.2, 0.25) is 5.95 Å². The largest absolute Gasteiger partial charge is 0.371 e. The summed E-state index contributed by atoms with van der Waals surface area (Å²) in [6, 6.07) is 0. The van der Waals surface area contributed by atoms with Crippen LogP contribution in [0.2, 0.25) is 0 Å². The molecule has 0 radical (unpaired) electrons. The Hall–Kier alpha value is -2.61. The third-order valence-electron chi connectivity index (χ3n) is 5.45. The molecule has 3 aromatic heterocycles. The Kier molecular flexibility index (Phi) is 4.27. The summed E-state index contributed by atoms with van der Waals surface area (Å²) < 4.78 is 8.13. The Morgan fingerprint density at radius 1 is 1.03 bits per heavy atom. The van der Waals surface area contributed by atoms with E-state index in [1.54, 1.807) is 12.4 Å². The second-order valence-corrected chi connectivity index (χ2v) is 9.38.